The van der Waals surface area contributed by atoms with Crippen LogP contribution in [0.5, 0.6) is 17.2 Å². The van der Waals surface area contributed by atoms with Gasteiger partial charge in [0, 0.05) is 18.1 Å². The number of aliphatic carboxylic acids is 1. The summed E-state index contributed by atoms with van der Waals surface area (Å²) in [5, 5.41) is 9.56. The number of carboxylic acids is 1. The lowest BCUT2D eigenvalue weighted by Gasteiger charge is -2.17. The van der Waals surface area contributed by atoms with E-state index >= 15 is 0 Å². The minimum absolute atomic E-state index is 0.0667. The van der Waals surface area contributed by atoms with Crippen molar-refractivity contribution in [2.45, 2.75) is 45.4 Å². The minimum Gasteiger partial charge on any atom is -0.496 e. The summed E-state index contributed by atoms with van der Waals surface area (Å²) in [6.45, 7) is 4.38. The molecule has 0 fully saturated rings. The Morgan fingerprint density at radius 1 is 0.971 bits per heavy atom. The van der Waals surface area contributed by atoms with E-state index in [9.17, 15) is 19.3 Å². The average Bonchev–Trinajstić information content (AvgIpc) is 2.86. The largest absolute Gasteiger partial charge is 0.496 e. The smallest absolute Gasteiger partial charge is 0.325 e. The zero-order chi connectivity index (χ0) is 25.5. The van der Waals surface area contributed by atoms with Crippen LogP contribution in [-0.2, 0) is 9.36 Å². The first-order valence-corrected chi connectivity index (χ1v) is 12.5. The van der Waals surface area contributed by atoms with Crippen LogP contribution in [0.3, 0.4) is 0 Å². The van der Waals surface area contributed by atoms with Crippen molar-refractivity contribution in [1.82, 2.24) is 0 Å². The van der Waals surface area contributed by atoms with E-state index < -0.39 is 17.7 Å². The Bertz CT molecular complexity index is 890. The molecular formula is C26H36O7P+. The monoisotopic (exact) mass is 491 g/mol. The number of carbonyl (C=O) groups excluding carboxylic acids is 1. The lowest BCUT2D eigenvalue weighted by molar-refractivity contribution is -0.137. The Hall–Kier alpha value is -2.92. The van der Waals surface area contributed by atoms with Gasteiger partial charge in [0.1, 0.15) is 34.9 Å². The fourth-order valence-electron chi connectivity index (χ4n) is 3.51. The van der Waals surface area contributed by atoms with Crippen molar-refractivity contribution in [2.24, 2.45) is 5.92 Å². The summed E-state index contributed by atoms with van der Waals surface area (Å²) < 4.78 is 25.9. The molecule has 3 atom stereocenters. The van der Waals surface area contributed by atoms with Crippen LogP contribution in [0, 0.1) is 5.92 Å². The average molecular weight is 492 g/mol. The van der Waals surface area contributed by atoms with E-state index in [0.29, 0.717) is 11.3 Å². The van der Waals surface area contributed by atoms with E-state index in [-0.39, 0.29) is 25.5 Å². The molecule has 0 aliphatic carbocycles. The van der Waals surface area contributed by atoms with E-state index in [1.807, 2.05) is 0 Å². The van der Waals surface area contributed by atoms with Crippen LogP contribution >= 0.6 is 8.46 Å². The predicted molar refractivity (Wildman–Crippen MR) is 134 cm³/mol. The Kier molecular flexibility index (Phi) is 13.6. The van der Waals surface area contributed by atoms with Crippen molar-refractivity contribution in [3.05, 3.63) is 53.6 Å². The van der Waals surface area contributed by atoms with Gasteiger partial charge in [-0.2, -0.15) is 0 Å². The standard InChI is InChI=1S/C18H18O6.C8H17OP/c1-22-12-9-13(23-2)16(14(10-12)24-3)17(19)15(18(20)21)11-7-5-4-6-8-11;1-3-5-6-8(4-2)7-10-9/h4-10,15H,1-3H3,(H,20,21);8H,3-7H2,1-2H3/p+1. The third-order valence-corrected chi connectivity index (χ3v) is 6.26. The molecule has 2 aromatic rings. The second kappa shape index (κ2) is 15.8. The fraction of sp³-hybridized carbons (Fsp3) is 0.462. The second-order valence-corrected chi connectivity index (χ2v) is 8.41. The van der Waals surface area contributed by atoms with E-state index in [1.165, 1.54) is 59.1 Å². The lowest BCUT2D eigenvalue weighted by Crippen LogP contribution is -2.23. The maximum Gasteiger partial charge on any atom is 0.325 e. The Balaban J connectivity index is 0.000000489. The summed E-state index contributed by atoms with van der Waals surface area (Å²) in [4.78, 5) is 24.7. The molecule has 1 N–H and O–H groups in total. The van der Waals surface area contributed by atoms with Crippen molar-refractivity contribution in [3.63, 3.8) is 0 Å². The number of methoxy groups -OCH3 is 3. The maximum absolute atomic E-state index is 13.0. The van der Waals surface area contributed by atoms with Gasteiger partial charge in [0.2, 0.25) is 0 Å². The van der Waals surface area contributed by atoms with Gasteiger partial charge in [-0.15, -0.1) is 0 Å². The van der Waals surface area contributed by atoms with Gasteiger partial charge in [-0.25, -0.2) is 0 Å². The first kappa shape index (κ1) is 29.1. The van der Waals surface area contributed by atoms with Crippen LogP contribution in [0.4, 0.5) is 0 Å². The molecule has 0 bridgehead atoms. The first-order chi connectivity index (χ1) is 16.4. The molecule has 3 unspecified atom stereocenters. The molecule has 0 aliphatic rings. The highest BCUT2D eigenvalue weighted by atomic mass is 31.1. The van der Waals surface area contributed by atoms with Gasteiger partial charge < -0.3 is 19.3 Å². The molecule has 0 saturated heterocycles. The molecular weight excluding hydrogens is 455 g/mol. The molecule has 2 aromatic carbocycles. The zero-order valence-corrected chi connectivity index (χ0v) is 21.6. The third kappa shape index (κ3) is 8.45. The summed E-state index contributed by atoms with van der Waals surface area (Å²) in [6.07, 6.45) is 5.93. The Morgan fingerprint density at radius 3 is 1.97 bits per heavy atom. The van der Waals surface area contributed by atoms with Gasteiger partial charge in [-0.1, -0.05) is 61.6 Å². The molecule has 8 heteroatoms. The van der Waals surface area contributed by atoms with E-state index in [0.717, 1.165) is 12.1 Å². The van der Waals surface area contributed by atoms with Crippen molar-refractivity contribution in [1.29, 1.82) is 0 Å². The van der Waals surface area contributed by atoms with E-state index in [4.69, 9.17) is 14.2 Å². The summed E-state index contributed by atoms with van der Waals surface area (Å²) in [5.74, 6) is -1.68. The number of carbonyl (C=O) groups is 2. The number of Topliss-reactive ketones (excluding diaryl/α,β-unsaturated/α-hetero) is 1. The highest BCUT2D eigenvalue weighted by molar-refractivity contribution is 7.23. The number of rotatable bonds is 13. The van der Waals surface area contributed by atoms with Gasteiger partial charge in [0.05, 0.1) is 21.3 Å². The number of ketones is 1. The van der Waals surface area contributed by atoms with Crippen molar-refractivity contribution in [2.75, 3.05) is 27.5 Å². The molecule has 0 aliphatic heterocycles. The Morgan fingerprint density at radius 2 is 1.56 bits per heavy atom. The summed E-state index contributed by atoms with van der Waals surface area (Å²) in [5.41, 5.74) is 0.451. The third-order valence-electron chi connectivity index (χ3n) is 5.52. The highest BCUT2D eigenvalue weighted by Gasteiger charge is 2.33. The number of ether oxygens (including phenoxy) is 3. The van der Waals surface area contributed by atoms with Crippen LogP contribution in [0.2, 0.25) is 0 Å². The maximum atomic E-state index is 13.0. The minimum atomic E-state index is -1.36. The quantitative estimate of drug-likeness (QED) is 0.209. The lowest BCUT2D eigenvalue weighted by atomic mass is 9.89. The molecule has 186 valence electrons. The number of hydrogen-bond acceptors (Lipinski definition) is 6. The van der Waals surface area contributed by atoms with Crippen molar-refractivity contribution >= 4 is 20.2 Å². The molecule has 0 saturated carbocycles. The summed E-state index contributed by atoms with van der Waals surface area (Å²) in [6, 6.07) is 11.3. The van der Waals surface area contributed by atoms with E-state index in [2.05, 4.69) is 13.8 Å². The number of unbranched alkanes of at least 4 members (excludes halogenated alkanes) is 1. The molecule has 34 heavy (non-hydrogen) atoms. The van der Waals surface area contributed by atoms with Crippen LogP contribution in [0.25, 0.3) is 0 Å². The number of carboxylic acid groups (broad SMARTS) is 1. The van der Waals surface area contributed by atoms with Crippen LogP contribution < -0.4 is 14.2 Å². The molecule has 0 radical (unpaired) electrons. The fourth-order valence-corrected chi connectivity index (χ4v) is 4.23. The van der Waals surface area contributed by atoms with Gasteiger partial charge in [-0.05, 0) is 18.4 Å². The summed E-state index contributed by atoms with van der Waals surface area (Å²) >= 11 is 0. The van der Waals surface area contributed by atoms with Crippen LogP contribution in [-0.4, -0.2) is 44.4 Å². The van der Waals surface area contributed by atoms with Crippen LogP contribution in [0.1, 0.15) is 61.4 Å². The van der Waals surface area contributed by atoms with Gasteiger partial charge >= 0.3 is 14.4 Å². The molecule has 7 nitrogen and oxygen atoms in total. The van der Waals surface area contributed by atoms with E-state index in [1.54, 1.807) is 30.3 Å². The molecule has 2 rings (SSSR count). The van der Waals surface area contributed by atoms with Crippen molar-refractivity contribution < 1.29 is 33.5 Å². The molecule has 0 aromatic heterocycles. The number of hydrogen-bond donors (Lipinski definition) is 1. The topological polar surface area (TPSA) is 99.1 Å². The zero-order valence-electron chi connectivity index (χ0n) is 20.6. The van der Waals surface area contributed by atoms with Crippen molar-refractivity contribution in [3.8, 4) is 17.2 Å². The van der Waals surface area contributed by atoms with Crippen LogP contribution in [0.15, 0.2) is 42.5 Å². The predicted octanol–water partition coefficient (Wildman–Crippen LogP) is 5.99. The molecule has 0 heterocycles. The van der Waals surface area contributed by atoms with Gasteiger partial charge in [-0.3, -0.25) is 9.59 Å². The molecule has 0 spiro atoms. The molecule has 0 amide bonds. The first-order valence-electron chi connectivity index (χ1n) is 11.3. The Labute approximate surface area is 203 Å². The summed E-state index contributed by atoms with van der Waals surface area (Å²) in [7, 11) is 4.16. The highest BCUT2D eigenvalue weighted by Crippen LogP contribution is 2.37. The van der Waals surface area contributed by atoms with Gasteiger partial charge in [0.15, 0.2) is 5.78 Å². The van der Waals surface area contributed by atoms with Gasteiger partial charge in [0.25, 0.3) is 0 Å². The second-order valence-electron chi connectivity index (χ2n) is 7.72. The number of benzene rings is 2. The normalized spacial score (nSPS) is 12.1. The SMILES string of the molecule is CCCCC(CC)C[PH+]=O.COc1cc(OC)c(C(=O)C(C(=O)O)c2ccccc2)c(OC)c1.